The third-order valence-electron chi connectivity index (χ3n) is 2.70. The summed E-state index contributed by atoms with van der Waals surface area (Å²) in [7, 11) is 0. The molecule has 0 aliphatic rings. The summed E-state index contributed by atoms with van der Waals surface area (Å²) in [5.74, 6) is 0. The Morgan fingerprint density at radius 3 is 2.53 bits per heavy atom. The zero-order valence-corrected chi connectivity index (χ0v) is 13.3. The molecule has 0 saturated heterocycles. The van der Waals surface area contributed by atoms with E-state index in [1.807, 2.05) is 11.4 Å². The monoisotopic (exact) mass is 348 g/mol. The van der Waals surface area contributed by atoms with Crippen LogP contribution in [0.5, 0.6) is 0 Å². The van der Waals surface area contributed by atoms with Crippen LogP contribution in [0.4, 0.5) is 0 Å². The summed E-state index contributed by atoms with van der Waals surface area (Å²) in [5.41, 5.74) is 3.48. The van der Waals surface area contributed by atoms with Gasteiger partial charge in [-0.2, -0.15) is 0 Å². The van der Waals surface area contributed by atoms with Gasteiger partial charge in [0, 0.05) is 9.35 Å². The number of thiophene rings is 1. The summed E-state index contributed by atoms with van der Waals surface area (Å²) in [6, 6.07) is 6.10. The van der Waals surface area contributed by atoms with Crippen LogP contribution in [0, 0.1) is 13.8 Å². The minimum absolute atomic E-state index is 0.172. The summed E-state index contributed by atoms with van der Waals surface area (Å²) < 4.78 is 1.11. The average molecular weight is 350 g/mol. The van der Waals surface area contributed by atoms with Crippen LogP contribution >= 0.6 is 50.5 Å². The van der Waals surface area contributed by atoms with Crippen LogP contribution in [0.2, 0.25) is 5.02 Å². The van der Waals surface area contributed by atoms with Crippen molar-refractivity contribution in [2.45, 2.75) is 19.2 Å². The zero-order valence-electron chi connectivity index (χ0n) is 9.43. The molecule has 0 spiro atoms. The lowest BCUT2D eigenvalue weighted by Gasteiger charge is -2.14. The molecule has 0 aliphatic carbocycles. The Bertz CT molecular complexity index is 548. The van der Waals surface area contributed by atoms with Gasteiger partial charge in [0.2, 0.25) is 0 Å². The Hall–Kier alpha value is -0.0200. The van der Waals surface area contributed by atoms with Gasteiger partial charge in [-0.3, -0.25) is 0 Å². The molecular formula is C13H11BrCl2S. The average Bonchev–Trinajstić information content (AvgIpc) is 2.69. The van der Waals surface area contributed by atoms with Gasteiger partial charge in [-0.15, -0.1) is 22.9 Å². The van der Waals surface area contributed by atoms with Crippen LogP contribution < -0.4 is 0 Å². The first-order chi connectivity index (χ1) is 8.00. The normalized spacial score (nSPS) is 12.8. The zero-order chi connectivity index (χ0) is 12.6. The lowest BCUT2D eigenvalue weighted by Crippen LogP contribution is -1.96. The predicted molar refractivity (Wildman–Crippen MR) is 80.6 cm³/mol. The highest BCUT2D eigenvalue weighted by atomic mass is 79.9. The molecule has 0 N–H and O–H groups in total. The van der Waals surface area contributed by atoms with E-state index in [0.29, 0.717) is 0 Å². The number of rotatable bonds is 2. The molecule has 0 nitrogen and oxygen atoms in total. The lowest BCUT2D eigenvalue weighted by molar-refractivity contribution is 1.13. The van der Waals surface area contributed by atoms with Gasteiger partial charge in [-0.1, -0.05) is 33.6 Å². The molecule has 0 radical (unpaired) electrons. The smallest absolute Gasteiger partial charge is 0.0945 e. The molecule has 2 rings (SSSR count). The minimum atomic E-state index is -0.172. The summed E-state index contributed by atoms with van der Waals surface area (Å²) in [5, 5.41) is 2.54. The van der Waals surface area contributed by atoms with Crippen LogP contribution in [-0.4, -0.2) is 0 Å². The summed E-state index contributed by atoms with van der Waals surface area (Å²) >= 11 is 17.8. The minimum Gasteiger partial charge on any atom is -0.145 e. The summed E-state index contributed by atoms with van der Waals surface area (Å²) in [6.45, 7) is 4.13. The van der Waals surface area contributed by atoms with Gasteiger partial charge in [0.25, 0.3) is 0 Å². The third kappa shape index (κ3) is 2.70. The molecule has 1 aromatic carbocycles. The van der Waals surface area contributed by atoms with Gasteiger partial charge in [0.15, 0.2) is 0 Å². The third-order valence-corrected chi connectivity index (χ3v) is 5.56. The second kappa shape index (κ2) is 5.31. The largest absolute Gasteiger partial charge is 0.145 e. The van der Waals surface area contributed by atoms with E-state index >= 15 is 0 Å². The van der Waals surface area contributed by atoms with Crippen molar-refractivity contribution in [3.63, 3.8) is 0 Å². The molecule has 1 unspecified atom stereocenters. The molecule has 0 saturated carbocycles. The number of hydrogen-bond donors (Lipinski definition) is 0. The molecule has 90 valence electrons. The van der Waals surface area contributed by atoms with Crippen molar-refractivity contribution in [2.24, 2.45) is 0 Å². The van der Waals surface area contributed by atoms with Crippen molar-refractivity contribution >= 4 is 50.5 Å². The number of halogens is 3. The fraction of sp³-hybridized carbons (Fsp3) is 0.231. The highest BCUT2D eigenvalue weighted by Crippen LogP contribution is 2.39. The quantitative estimate of drug-likeness (QED) is 0.574. The fourth-order valence-electron chi connectivity index (χ4n) is 1.70. The molecule has 0 bridgehead atoms. The highest BCUT2D eigenvalue weighted by Gasteiger charge is 2.18. The van der Waals surface area contributed by atoms with Gasteiger partial charge in [-0.05, 0) is 48.1 Å². The molecule has 0 amide bonds. The second-order valence-corrected chi connectivity index (χ2v) is 6.60. The van der Waals surface area contributed by atoms with E-state index in [0.717, 1.165) is 19.9 Å². The molecule has 4 heteroatoms. The lowest BCUT2D eigenvalue weighted by atomic mass is 10.0. The topological polar surface area (TPSA) is 0 Å². The molecule has 1 aromatic heterocycles. The number of alkyl halides is 1. The Morgan fingerprint density at radius 1 is 1.24 bits per heavy atom. The maximum absolute atomic E-state index is 6.52. The van der Waals surface area contributed by atoms with Crippen LogP contribution in [-0.2, 0) is 0 Å². The Kier molecular flexibility index (Phi) is 4.19. The summed E-state index contributed by atoms with van der Waals surface area (Å²) in [6.07, 6.45) is 0. The van der Waals surface area contributed by atoms with E-state index < -0.39 is 0 Å². The van der Waals surface area contributed by atoms with Crippen LogP contribution in [0.1, 0.15) is 26.9 Å². The molecule has 1 atom stereocenters. The maximum atomic E-state index is 6.52. The van der Waals surface area contributed by atoms with Gasteiger partial charge in [0.1, 0.15) is 0 Å². The van der Waals surface area contributed by atoms with Crippen molar-refractivity contribution in [3.8, 4) is 0 Å². The standard InChI is InChI=1S/C13H11BrCl2S/c1-7-6-10(14)8(2)5-9(7)12(16)13-11(15)3-4-17-13/h3-6,12H,1-2H3. The SMILES string of the molecule is Cc1cc(C(Cl)c2sccc2Cl)c(C)cc1Br. The Morgan fingerprint density at radius 2 is 1.94 bits per heavy atom. The Balaban J connectivity index is 2.48. The van der Waals surface area contributed by atoms with Gasteiger partial charge in [0.05, 0.1) is 10.4 Å². The van der Waals surface area contributed by atoms with E-state index in [9.17, 15) is 0 Å². The molecular weight excluding hydrogens is 339 g/mol. The van der Waals surface area contributed by atoms with E-state index in [1.165, 1.54) is 11.1 Å². The van der Waals surface area contributed by atoms with Crippen molar-refractivity contribution in [1.29, 1.82) is 0 Å². The van der Waals surface area contributed by atoms with Gasteiger partial charge < -0.3 is 0 Å². The van der Waals surface area contributed by atoms with E-state index in [-0.39, 0.29) is 5.38 Å². The van der Waals surface area contributed by atoms with Crippen molar-refractivity contribution in [3.05, 3.63) is 54.6 Å². The van der Waals surface area contributed by atoms with Crippen molar-refractivity contribution in [2.75, 3.05) is 0 Å². The molecule has 17 heavy (non-hydrogen) atoms. The Labute approximate surface area is 124 Å². The number of benzene rings is 1. The van der Waals surface area contributed by atoms with Crippen LogP contribution in [0.15, 0.2) is 28.1 Å². The predicted octanol–water partition coefficient (Wildman–Crippen LogP) is 6.11. The molecule has 1 heterocycles. The first-order valence-corrected chi connectivity index (χ1v) is 7.63. The maximum Gasteiger partial charge on any atom is 0.0945 e. The first kappa shape index (κ1) is 13.4. The molecule has 2 aromatic rings. The van der Waals surface area contributed by atoms with E-state index in [1.54, 1.807) is 11.3 Å². The van der Waals surface area contributed by atoms with Crippen LogP contribution in [0.25, 0.3) is 0 Å². The van der Waals surface area contributed by atoms with Crippen molar-refractivity contribution in [1.82, 2.24) is 0 Å². The van der Waals surface area contributed by atoms with E-state index in [2.05, 4.69) is 41.9 Å². The number of aryl methyl sites for hydroxylation is 2. The van der Waals surface area contributed by atoms with Gasteiger partial charge >= 0.3 is 0 Å². The fourth-order valence-corrected chi connectivity index (χ4v) is 3.88. The molecule has 0 aliphatic heterocycles. The molecule has 0 fully saturated rings. The number of hydrogen-bond acceptors (Lipinski definition) is 1. The van der Waals surface area contributed by atoms with Crippen molar-refractivity contribution < 1.29 is 0 Å². The highest BCUT2D eigenvalue weighted by molar-refractivity contribution is 9.10. The van der Waals surface area contributed by atoms with Crippen LogP contribution in [0.3, 0.4) is 0 Å². The van der Waals surface area contributed by atoms with Gasteiger partial charge in [-0.25, -0.2) is 0 Å². The summed E-state index contributed by atoms with van der Waals surface area (Å²) in [4.78, 5) is 1.01. The second-order valence-electron chi connectivity index (χ2n) is 3.95. The first-order valence-electron chi connectivity index (χ1n) is 5.14. The van der Waals surface area contributed by atoms with E-state index in [4.69, 9.17) is 23.2 Å².